The molecule has 0 spiro atoms. The highest BCUT2D eigenvalue weighted by atomic mass is 32.3. The van der Waals surface area contributed by atoms with Crippen molar-refractivity contribution in [2.75, 3.05) is 26.2 Å². The van der Waals surface area contributed by atoms with E-state index in [1.54, 1.807) is 19.2 Å². The Morgan fingerprint density at radius 2 is 1.76 bits per heavy atom. The van der Waals surface area contributed by atoms with Gasteiger partial charge in [0.1, 0.15) is 23.1 Å². The van der Waals surface area contributed by atoms with E-state index in [1.165, 1.54) is 15.1 Å². The Morgan fingerprint density at radius 1 is 1.14 bits per heavy atom. The summed E-state index contributed by atoms with van der Waals surface area (Å²) >= 11 is 0. The van der Waals surface area contributed by atoms with Gasteiger partial charge >= 0.3 is 5.97 Å². The summed E-state index contributed by atoms with van der Waals surface area (Å²) in [5, 5.41) is 16.1. The van der Waals surface area contributed by atoms with Crippen LogP contribution in [0.5, 0.6) is 5.75 Å². The van der Waals surface area contributed by atoms with Crippen molar-refractivity contribution in [3.63, 3.8) is 0 Å². The predicted octanol–water partition coefficient (Wildman–Crippen LogP) is 0.235. The number of aromatic nitrogens is 4. The molecule has 1 aliphatic rings. The van der Waals surface area contributed by atoms with Gasteiger partial charge in [-0.3, -0.25) is 22.7 Å². The largest absolute Gasteiger partial charge is 0.759 e. The van der Waals surface area contributed by atoms with Crippen molar-refractivity contribution in [1.29, 1.82) is 0 Å². The molecule has 1 unspecified atom stereocenters. The van der Waals surface area contributed by atoms with Crippen molar-refractivity contribution in [1.82, 2.24) is 29.4 Å². The Labute approximate surface area is 285 Å². The minimum Gasteiger partial charge on any atom is -0.759 e. The number of nitrogens with one attached hydrogen (secondary N) is 2. The van der Waals surface area contributed by atoms with Crippen LogP contribution in [0.2, 0.25) is 0 Å². The lowest BCUT2D eigenvalue weighted by Gasteiger charge is -2.35. The summed E-state index contributed by atoms with van der Waals surface area (Å²) in [4.78, 5) is 30.7. The predicted molar refractivity (Wildman–Crippen MR) is 180 cm³/mol. The third-order valence-electron chi connectivity index (χ3n) is 7.20. The van der Waals surface area contributed by atoms with Crippen LogP contribution < -0.4 is 27.1 Å². The van der Waals surface area contributed by atoms with Gasteiger partial charge in [0.2, 0.25) is 10.0 Å². The first-order valence-electron chi connectivity index (χ1n) is 15.7. The molecule has 2 aromatic heterocycles. The number of H-pyrrole nitrogens is 1. The SMILES string of the molecule is CCCc1nn(C)c2c(=O)[nH]c(-c3cc(S(=O)(=O)N4C[C@@H](C)N[C@@H](C)C4)ccc3OCC)nc12.NCCCCC(N)C(=O)O.O=S(=O)([O-])[O-]. The minimum atomic E-state index is -5.17. The average molecular weight is 731 g/mol. The highest BCUT2D eigenvalue weighted by Gasteiger charge is 2.32. The molecule has 20 heteroatoms. The number of hydrogen-bond acceptors (Lipinski definition) is 14. The molecule has 3 heterocycles. The van der Waals surface area contributed by atoms with E-state index in [0.29, 0.717) is 61.4 Å². The Hall–Kier alpha value is -3.50. The van der Waals surface area contributed by atoms with Crippen LogP contribution in [0.3, 0.4) is 0 Å². The Balaban J connectivity index is 0.000000465. The number of nitrogens with two attached hydrogens (primary N) is 2. The van der Waals surface area contributed by atoms with E-state index in [0.717, 1.165) is 25.0 Å². The first kappa shape index (κ1) is 41.7. The van der Waals surface area contributed by atoms with E-state index >= 15 is 0 Å². The number of piperazine rings is 1. The topological polar surface area (TPSA) is 292 Å². The quantitative estimate of drug-likeness (QED) is 0.0947. The van der Waals surface area contributed by atoms with Gasteiger partial charge in [-0.05, 0) is 64.8 Å². The van der Waals surface area contributed by atoms with Crippen molar-refractivity contribution < 1.29 is 40.6 Å². The summed E-state index contributed by atoms with van der Waals surface area (Å²) in [5.74, 6) is -0.227. The molecule has 0 amide bonds. The monoisotopic (exact) mass is 730 g/mol. The van der Waals surface area contributed by atoms with Gasteiger partial charge in [-0.15, -0.1) is 0 Å². The molecule has 276 valence electrons. The maximum Gasteiger partial charge on any atom is 0.320 e. The zero-order valence-electron chi connectivity index (χ0n) is 28.2. The van der Waals surface area contributed by atoms with Gasteiger partial charge in [0.05, 0.1) is 22.8 Å². The lowest BCUT2D eigenvalue weighted by Crippen LogP contribution is -2.55. The zero-order valence-corrected chi connectivity index (χ0v) is 29.8. The number of unbranched alkanes of at least 4 members (excludes halogenated alkanes) is 1. The second kappa shape index (κ2) is 18.5. The summed E-state index contributed by atoms with van der Waals surface area (Å²) in [6.45, 7) is 9.56. The van der Waals surface area contributed by atoms with Gasteiger partial charge in [0.25, 0.3) is 5.56 Å². The summed E-state index contributed by atoms with van der Waals surface area (Å²) in [5.41, 5.74) is 12.1. The Bertz CT molecular complexity index is 1810. The van der Waals surface area contributed by atoms with Gasteiger partial charge in [0, 0.05) is 42.6 Å². The third-order valence-corrected chi connectivity index (χ3v) is 9.03. The van der Waals surface area contributed by atoms with E-state index in [-0.39, 0.29) is 28.4 Å². The fourth-order valence-electron chi connectivity index (χ4n) is 5.17. The summed E-state index contributed by atoms with van der Waals surface area (Å²) in [7, 11) is -7.21. The molecule has 1 aliphatic heterocycles. The number of sulfonamides is 1. The maximum atomic E-state index is 13.5. The van der Waals surface area contributed by atoms with E-state index in [1.807, 2.05) is 27.7 Å². The van der Waals surface area contributed by atoms with E-state index in [4.69, 9.17) is 43.8 Å². The second-order valence-corrected chi connectivity index (χ2v) is 14.2. The number of aromatic amines is 1. The van der Waals surface area contributed by atoms with Crippen molar-refractivity contribution in [2.24, 2.45) is 18.5 Å². The molecule has 0 aliphatic carbocycles. The number of aliphatic carboxylic acids is 1. The number of ether oxygens (including phenoxy) is 1. The fourth-order valence-corrected chi connectivity index (χ4v) is 6.81. The second-order valence-electron chi connectivity index (χ2n) is 11.5. The standard InChI is InChI=1S/C23H32N6O4S.C6H14N2O2.H2O4S/c1-6-8-18-20-21(28(5)27-18)23(30)26-22(25-20)17-11-16(9-10-19(17)33-7-2)34(31,32)29-12-14(3)24-15(4)13-29;7-4-2-1-3-5(8)6(9)10;1-5(2,3)4/h9-11,14-15,24H,6-8,12-13H2,1-5H3,(H,25,26,30);5H,1-4,7-8H2,(H,9,10);(H2,1,2,3,4)/p-2/t14-,15+;;. The van der Waals surface area contributed by atoms with Gasteiger partial charge in [-0.1, -0.05) is 19.8 Å². The van der Waals surface area contributed by atoms with Crippen molar-refractivity contribution in [2.45, 2.75) is 82.8 Å². The zero-order chi connectivity index (χ0) is 37.1. The number of carboxylic acids is 1. The third kappa shape index (κ3) is 12.4. The van der Waals surface area contributed by atoms with Crippen LogP contribution >= 0.6 is 0 Å². The highest BCUT2D eigenvalue weighted by molar-refractivity contribution is 7.89. The first-order valence-corrected chi connectivity index (χ1v) is 18.5. The smallest absolute Gasteiger partial charge is 0.320 e. The minimum absolute atomic E-state index is 0.0451. The van der Waals surface area contributed by atoms with Crippen molar-refractivity contribution in [3.8, 4) is 17.1 Å². The van der Waals surface area contributed by atoms with Crippen LogP contribution in [0.1, 0.15) is 59.1 Å². The molecule has 0 saturated carbocycles. The fraction of sp³-hybridized carbons (Fsp3) is 0.586. The molecule has 0 bridgehead atoms. The van der Waals surface area contributed by atoms with E-state index < -0.39 is 32.4 Å². The molecule has 7 N–H and O–H groups in total. The molecule has 4 rings (SSSR count). The molecule has 18 nitrogen and oxygen atoms in total. The molecule has 3 aromatic rings. The molecule has 1 saturated heterocycles. The van der Waals surface area contributed by atoms with Gasteiger partial charge in [-0.2, -0.15) is 9.40 Å². The van der Waals surface area contributed by atoms with Crippen LogP contribution in [-0.4, -0.2) is 105 Å². The molecular formula is C29H46N8O10S2-2. The van der Waals surface area contributed by atoms with E-state index in [9.17, 15) is 18.0 Å². The lowest BCUT2D eigenvalue weighted by molar-refractivity contribution is -0.138. The van der Waals surface area contributed by atoms with Gasteiger partial charge < -0.3 is 40.7 Å². The molecule has 1 fully saturated rings. The number of carboxylic acid groups (broad SMARTS) is 1. The average Bonchev–Trinajstić information content (AvgIpc) is 3.31. The Morgan fingerprint density at radius 3 is 2.29 bits per heavy atom. The van der Waals surface area contributed by atoms with Crippen molar-refractivity contribution >= 4 is 37.4 Å². The molecular weight excluding hydrogens is 684 g/mol. The van der Waals surface area contributed by atoms with Crippen LogP contribution in [0, 0.1) is 0 Å². The molecule has 49 heavy (non-hydrogen) atoms. The number of carbonyl (C=O) groups is 1. The molecule has 0 radical (unpaired) electrons. The van der Waals surface area contributed by atoms with Crippen molar-refractivity contribution in [3.05, 3.63) is 34.2 Å². The summed E-state index contributed by atoms with van der Waals surface area (Å²) in [6, 6.07) is 4.09. The lowest BCUT2D eigenvalue weighted by atomic mass is 10.1. The van der Waals surface area contributed by atoms with Crippen LogP contribution in [0.4, 0.5) is 0 Å². The number of rotatable bonds is 12. The highest BCUT2D eigenvalue weighted by Crippen LogP contribution is 2.32. The number of nitrogens with zero attached hydrogens (tertiary/aromatic N) is 4. The number of aryl methyl sites for hydroxylation is 2. The Kier molecular flexibility index (Phi) is 15.7. The summed E-state index contributed by atoms with van der Waals surface area (Å²) < 4.78 is 69.9. The number of benzene rings is 1. The van der Waals surface area contributed by atoms with Gasteiger partial charge in [-0.25, -0.2) is 13.4 Å². The first-order chi connectivity index (χ1) is 22.8. The number of fused-ring (bicyclic) bond motifs is 1. The molecule has 3 atom stereocenters. The summed E-state index contributed by atoms with van der Waals surface area (Å²) in [6.07, 6.45) is 3.70. The van der Waals surface area contributed by atoms with E-state index in [2.05, 4.69) is 15.4 Å². The molecule has 1 aromatic carbocycles. The van der Waals surface area contributed by atoms with Crippen LogP contribution in [-0.2, 0) is 38.7 Å². The maximum absolute atomic E-state index is 13.5. The normalized spacial score (nSPS) is 17.4. The van der Waals surface area contributed by atoms with Crippen LogP contribution in [0.15, 0.2) is 27.9 Å². The van der Waals surface area contributed by atoms with Crippen LogP contribution in [0.25, 0.3) is 22.4 Å². The van der Waals surface area contributed by atoms with Gasteiger partial charge in [0.15, 0.2) is 5.52 Å². The number of hydrogen-bond donors (Lipinski definition) is 5.